The van der Waals surface area contributed by atoms with E-state index in [0.29, 0.717) is 0 Å². The summed E-state index contributed by atoms with van der Waals surface area (Å²) in [5, 5.41) is 20.1. The van der Waals surface area contributed by atoms with Crippen LogP contribution in [0.3, 0.4) is 0 Å². The lowest BCUT2D eigenvalue weighted by molar-refractivity contribution is 0.0602. The number of methoxy groups -OCH3 is 1. The lowest BCUT2D eigenvalue weighted by atomic mass is 10.2. The molecule has 0 aliphatic rings. The molecule has 0 saturated carbocycles. The van der Waals surface area contributed by atoms with E-state index in [9.17, 15) is 4.79 Å². The van der Waals surface area contributed by atoms with Gasteiger partial charge in [-0.05, 0) is 12.1 Å². The largest absolute Gasteiger partial charge is 0.465 e. The van der Waals surface area contributed by atoms with Crippen LogP contribution in [-0.4, -0.2) is 13.1 Å². The fourth-order valence-electron chi connectivity index (χ4n) is 1.18. The van der Waals surface area contributed by atoms with Gasteiger partial charge in [-0.15, -0.1) is 0 Å². The van der Waals surface area contributed by atoms with Gasteiger partial charge in [-0.1, -0.05) is 17.7 Å². The Morgan fingerprint density at radius 3 is 2.67 bits per heavy atom. The van der Waals surface area contributed by atoms with Crippen LogP contribution in [0.1, 0.15) is 10.4 Å². The molecule has 0 saturated heterocycles. The highest BCUT2D eigenvalue weighted by Crippen LogP contribution is 2.26. The van der Waals surface area contributed by atoms with Crippen LogP contribution in [0.15, 0.2) is 30.0 Å². The maximum absolute atomic E-state index is 11.5. The summed E-state index contributed by atoms with van der Waals surface area (Å²) in [5.74, 6) is -0.566. The Hall–Kier alpha value is -2.50. The molecule has 0 aliphatic heterocycles. The van der Waals surface area contributed by atoms with Crippen LogP contribution >= 0.6 is 11.6 Å². The molecule has 1 rings (SSSR count). The zero-order valence-corrected chi connectivity index (χ0v) is 10.2. The number of carbonyl (C=O) groups is 1. The third-order valence-electron chi connectivity index (χ3n) is 2.02. The van der Waals surface area contributed by atoms with Gasteiger partial charge in [-0.2, -0.15) is 10.5 Å². The lowest BCUT2D eigenvalue weighted by Gasteiger charge is -2.09. The molecule has 0 radical (unpaired) electrons. The summed E-state index contributed by atoms with van der Waals surface area (Å²) in [7, 11) is 1.25. The highest BCUT2D eigenvalue weighted by molar-refractivity contribution is 6.34. The molecule has 0 spiro atoms. The average molecular weight is 262 g/mol. The number of anilines is 1. The fourth-order valence-corrected chi connectivity index (χ4v) is 1.41. The van der Waals surface area contributed by atoms with Crippen LogP contribution in [0.2, 0.25) is 5.02 Å². The number of ether oxygens (including phenoxy) is 1. The molecule has 90 valence electrons. The average Bonchev–Trinajstić information content (AvgIpc) is 2.40. The first kappa shape index (κ1) is 13.6. The number of esters is 1. The van der Waals surface area contributed by atoms with Crippen LogP contribution in [-0.2, 0) is 4.74 Å². The molecule has 1 aromatic carbocycles. The van der Waals surface area contributed by atoms with Gasteiger partial charge >= 0.3 is 5.97 Å². The van der Waals surface area contributed by atoms with Gasteiger partial charge in [-0.3, -0.25) is 0 Å². The second-order valence-electron chi connectivity index (χ2n) is 3.08. The van der Waals surface area contributed by atoms with Gasteiger partial charge in [0.15, 0.2) is 0 Å². The van der Waals surface area contributed by atoms with Crippen molar-refractivity contribution in [1.82, 2.24) is 0 Å². The maximum Gasteiger partial charge on any atom is 0.340 e. The monoisotopic (exact) mass is 261 g/mol. The van der Waals surface area contributed by atoms with Crippen LogP contribution in [0.5, 0.6) is 0 Å². The molecule has 0 fully saturated rings. The van der Waals surface area contributed by atoms with Gasteiger partial charge in [-0.25, -0.2) is 4.79 Å². The predicted octanol–water partition coefficient (Wildman–Crippen LogP) is 2.47. The standard InChI is InChI=1S/C12H8ClN3O2/c1-18-12(17)9-3-2-4-10(13)11(9)16-7-8(5-14)6-15/h2-4,7,16H,1H3. The van der Waals surface area contributed by atoms with Gasteiger partial charge in [0.2, 0.25) is 0 Å². The van der Waals surface area contributed by atoms with Crippen molar-refractivity contribution in [3.05, 3.63) is 40.6 Å². The van der Waals surface area contributed by atoms with Crippen LogP contribution < -0.4 is 5.32 Å². The number of para-hydroxylation sites is 1. The number of rotatable bonds is 3. The summed E-state index contributed by atoms with van der Waals surface area (Å²) >= 11 is 5.93. The van der Waals surface area contributed by atoms with E-state index < -0.39 is 5.97 Å². The maximum atomic E-state index is 11.5. The quantitative estimate of drug-likeness (QED) is 0.667. The summed E-state index contributed by atoms with van der Waals surface area (Å²) in [6, 6.07) is 8.05. The first-order valence-corrected chi connectivity index (χ1v) is 5.15. The van der Waals surface area contributed by atoms with E-state index in [1.807, 2.05) is 0 Å². The van der Waals surface area contributed by atoms with Gasteiger partial charge in [0.05, 0.1) is 23.4 Å². The number of nitriles is 2. The second-order valence-corrected chi connectivity index (χ2v) is 3.49. The van der Waals surface area contributed by atoms with E-state index in [1.54, 1.807) is 24.3 Å². The molecular formula is C12H8ClN3O2. The van der Waals surface area contributed by atoms with E-state index >= 15 is 0 Å². The molecule has 6 heteroatoms. The van der Waals surface area contributed by atoms with Crippen LogP contribution in [0.4, 0.5) is 5.69 Å². The molecule has 0 unspecified atom stereocenters. The van der Waals surface area contributed by atoms with Crippen molar-refractivity contribution in [2.45, 2.75) is 0 Å². The summed E-state index contributed by atoms with van der Waals surface area (Å²) in [5.41, 5.74) is 0.372. The van der Waals surface area contributed by atoms with Gasteiger partial charge in [0.25, 0.3) is 0 Å². The van der Waals surface area contributed by atoms with E-state index in [1.165, 1.54) is 19.4 Å². The van der Waals surface area contributed by atoms with Crippen molar-refractivity contribution in [1.29, 1.82) is 10.5 Å². The third kappa shape index (κ3) is 3.00. The van der Waals surface area contributed by atoms with E-state index in [0.717, 1.165) is 0 Å². The van der Waals surface area contributed by atoms with Crippen molar-refractivity contribution in [3.63, 3.8) is 0 Å². The van der Waals surface area contributed by atoms with E-state index in [-0.39, 0.29) is 21.8 Å². The van der Waals surface area contributed by atoms with Crippen LogP contribution in [0.25, 0.3) is 0 Å². The van der Waals surface area contributed by atoms with E-state index in [2.05, 4.69) is 10.1 Å². The Bertz CT molecular complexity index is 566. The molecule has 0 bridgehead atoms. The first-order valence-electron chi connectivity index (χ1n) is 4.77. The summed E-state index contributed by atoms with van der Waals surface area (Å²) in [4.78, 5) is 11.5. The Balaban J connectivity index is 3.17. The normalized spacial score (nSPS) is 8.67. The Morgan fingerprint density at radius 2 is 2.11 bits per heavy atom. The second kappa shape index (κ2) is 6.29. The Kier molecular flexibility index (Phi) is 4.74. The minimum atomic E-state index is -0.566. The van der Waals surface area contributed by atoms with Crippen molar-refractivity contribution in [2.75, 3.05) is 12.4 Å². The molecule has 1 aromatic rings. The highest BCUT2D eigenvalue weighted by atomic mass is 35.5. The molecule has 5 nitrogen and oxygen atoms in total. The van der Waals surface area contributed by atoms with Crippen molar-refractivity contribution in [2.24, 2.45) is 0 Å². The number of hydrogen-bond donors (Lipinski definition) is 1. The van der Waals surface area contributed by atoms with Gasteiger partial charge in [0.1, 0.15) is 17.7 Å². The summed E-state index contributed by atoms with van der Waals surface area (Å²) in [6.07, 6.45) is 1.17. The molecule has 0 aliphatic carbocycles. The first-order chi connectivity index (χ1) is 8.63. The highest BCUT2D eigenvalue weighted by Gasteiger charge is 2.13. The summed E-state index contributed by atoms with van der Waals surface area (Å²) < 4.78 is 4.60. The van der Waals surface area contributed by atoms with Crippen molar-refractivity contribution in [3.8, 4) is 12.1 Å². The number of nitrogens with one attached hydrogen (secondary N) is 1. The number of allylic oxidation sites excluding steroid dienone is 1. The summed E-state index contributed by atoms with van der Waals surface area (Å²) in [6.45, 7) is 0. The zero-order valence-electron chi connectivity index (χ0n) is 9.40. The Morgan fingerprint density at radius 1 is 1.44 bits per heavy atom. The number of hydrogen-bond acceptors (Lipinski definition) is 5. The minimum Gasteiger partial charge on any atom is -0.465 e. The van der Waals surface area contributed by atoms with Crippen molar-refractivity contribution >= 4 is 23.3 Å². The topological polar surface area (TPSA) is 85.9 Å². The molecule has 0 atom stereocenters. The molecule has 0 amide bonds. The zero-order chi connectivity index (χ0) is 13.5. The fraction of sp³-hybridized carbons (Fsp3) is 0.0833. The van der Waals surface area contributed by atoms with Crippen LogP contribution in [0, 0.1) is 22.7 Å². The van der Waals surface area contributed by atoms with Crippen molar-refractivity contribution < 1.29 is 9.53 Å². The molecule has 1 N–H and O–H groups in total. The molecular weight excluding hydrogens is 254 g/mol. The molecule has 0 aromatic heterocycles. The van der Waals surface area contributed by atoms with Gasteiger partial charge < -0.3 is 10.1 Å². The van der Waals surface area contributed by atoms with Gasteiger partial charge in [0, 0.05) is 6.20 Å². The smallest absolute Gasteiger partial charge is 0.340 e. The number of benzene rings is 1. The lowest BCUT2D eigenvalue weighted by Crippen LogP contribution is -2.06. The Labute approximate surface area is 109 Å². The molecule has 18 heavy (non-hydrogen) atoms. The number of carbonyl (C=O) groups excluding carboxylic acids is 1. The third-order valence-corrected chi connectivity index (χ3v) is 2.34. The SMILES string of the molecule is COC(=O)c1cccc(Cl)c1NC=C(C#N)C#N. The number of nitrogens with zero attached hydrogens (tertiary/aromatic N) is 2. The minimum absolute atomic E-state index is 0.134. The van der Waals surface area contributed by atoms with E-state index in [4.69, 9.17) is 22.1 Å². The number of halogens is 1. The molecule has 0 heterocycles. The predicted molar refractivity (Wildman–Crippen MR) is 65.7 cm³/mol.